The summed E-state index contributed by atoms with van der Waals surface area (Å²) in [6.45, 7) is 2.05. The molecule has 0 amide bonds. The molecule has 2 nitrogen and oxygen atoms in total. The summed E-state index contributed by atoms with van der Waals surface area (Å²) in [7, 11) is 0. The molecule has 0 radical (unpaired) electrons. The van der Waals surface area contributed by atoms with E-state index in [2.05, 4.69) is 22.0 Å². The molecular formula is C17H15BrO2S. The zero-order valence-corrected chi connectivity index (χ0v) is 13.9. The summed E-state index contributed by atoms with van der Waals surface area (Å²) in [4.78, 5) is 1.11. The lowest BCUT2D eigenvalue weighted by Gasteiger charge is -2.08. The van der Waals surface area contributed by atoms with Crippen LogP contribution in [0.4, 0.5) is 0 Å². The van der Waals surface area contributed by atoms with Crippen molar-refractivity contribution in [2.75, 3.05) is 5.75 Å². The Hall–Kier alpha value is -1.23. The van der Waals surface area contributed by atoms with Crippen molar-refractivity contribution in [2.45, 2.75) is 17.9 Å². The van der Waals surface area contributed by atoms with Crippen LogP contribution in [-0.4, -0.2) is 10.9 Å². The van der Waals surface area contributed by atoms with Crippen LogP contribution in [-0.2, 0) is 0 Å². The van der Waals surface area contributed by atoms with Gasteiger partial charge in [-0.25, -0.2) is 0 Å². The average molecular weight is 363 g/mol. The van der Waals surface area contributed by atoms with Crippen LogP contribution in [0.15, 0.2) is 62.3 Å². The van der Waals surface area contributed by atoms with Gasteiger partial charge in [-0.3, -0.25) is 0 Å². The molecular weight excluding hydrogens is 348 g/mol. The third-order valence-electron chi connectivity index (χ3n) is 3.25. The van der Waals surface area contributed by atoms with Gasteiger partial charge in [0, 0.05) is 20.5 Å². The first-order valence-electron chi connectivity index (χ1n) is 6.69. The second kappa shape index (κ2) is 6.26. The first-order chi connectivity index (χ1) is 10.1. The number of hydrogen-bond acceptors (Lipinski definition) is 3. The summed E-state index contributed by atoms with van der Waals surface area (Å²) in [5.74, 6) is 1.18. The predicted octanol–water partition coefficient (Wildman–Crippen LogP) is 5.33. The fourth-order valence-electron chi connectivity index (χ4n) is 2.16. The van der Waals surface area contributed by atoms with Crippen molar-refractivity contribution in [3.63, 3.8) is 0 Å². The van der Waals surface area contributed by atoms with Crippen LogP contribution in [0.5, 0.6) is 0 Å². The summed E-state index contributed by atoms with van der Waals surface area (Å²) in [5.41, 5.74) is 2.01. The molecule has 0 fully saturated rings. The fraction of sp³-hybridized carbons (Fsp3) is 0.176. The maximum Gasteiger partial charge on any atom is 0.134 e. The molecule has 2 aromatic carbocycles. The number of aryl methyl sites for hydroxylation is 1. The number of hydrogen-bond donors (Lipinski definition) is 1. The van der Waals surface area contributed by atoms with E-state index in [-0.39, 0.29) is 0 Å². The van der Waals surface area contributed by atoms with Gasteiger partial charge in [-0.15, -0.1) is 11.8 Å². The Balaban J connectivity index is 1.75. The van der Waals surface area contributed by atoms with Crippen LogP contribution < -0.4 is 0 Å². The molecule has 4 heteroatoms. The van der Waals surface area contributed by atoms with Gasteiger partial charge in [-0.2, -0.15) is 0 Å². The maximum absolute atomic E-state index is 10.3. The number of fused-ring (bicyclic) bond motifs is 1. The molecule has 0 spiro atoms. The van der Waals surface area contributed by atoms with E-state index < -0.39 is 6.10 Å². The molecule has 108 valence electrons. The highest BCUT2D eigenvalue weighted by molar-refractivity contribution is 9.10. The van der Waals surface area contributed by atoms with Crippen molar-refractivity contribution < 1.29 is 9.52 Å². The lowest BCUT2D eigenvalue weighted by Crippen LogP contribution is -1.98. The van der Waals surface area contributed by atoms with Gasteiger partial charge in [0.15, 0.2) is 0 Å². The van der Waals surface area contributed by atoms with Gasteiger partial charge in [0.2, 0.25) is 0 Å². The SMILES string of the molecule is Cc1ccc2oc(C(O)CSc3ccccc3Br)cc2c1. The van der Waals surface area contributed by atoms with Crippen molar-refractivity contribution in [1.82, 2.24) is 0 Å². The van der Waals surface area contributed by atoms with Gasteiger partial charge in [0.1, 0.15) is 17.4 Å². The quantitative estimate of drug-likeness (QED) is 0.636. The van der Waals surface area contributed by atoms with Crippen LogP contribution in [0.3, 0.4) is 0 Å². The lowest BCUT2D eigenvalue weighted by atomic mass is 10.2. The molecule has 1 atom stereocenters. The second-order valence-electron chi connectivity index (χ2n) is 4.95. The molecule has 1 N–H and O–H groups in total. The number of aliphatic hydroxyl groups is 1. The first kappa shape index (κ1) is 14.7. The molecule has 21 heavy (non-hydrogen) atoms. The Labute approximate surface area is 136 Å². The zero-order valence-electron chi connectivity index (χ0n) is 11.5. The Morgan fingerprint density at radius 2 is 2.00 bits per heavy atom. The summed E-state index contributed by atoms with van der Waals surface area (Å²) in [6.07, 6.45) is -0.616. The molecule has 1 aromatic heterocycles. The largest absolute Gasteiger partial charge is 0.458 e. The standard InChI is InChI=1S/C17H15BrO2S/c1-11-6-7-15-12(8-11)9-16(20-15)14(19)10-21-17-5-3-2-4-13(17)18/h2-9,14,19H,10H2,1H3. The summed E-state index contributed by atoms with van der Waals surface area (Å²) in [6, 6.07) is 15.9. The van der Waals surface area contributed by atoms with E-state index in [0.717, 1.165) is 20.3 Å². The molecule has 0 saturated carbocycles. The summed E-state index contributed by atoms with van der Waals surface area (Å²) < 4.78 is 6.77. The number of benzene rings is 2. The molecule has 0 saturated heterocycles. The van der Waals surface area contributed by atoms with E-state index in [1.807, 2.05) is 49.4 Å². The molecule has 0 bridgehead atoms. The summed E-state index contributed by atoms with van der Waals surface area (Å²) in [5, 5.41) is 11.4. The lowest BCUT2D eigenvalue weighted by molar-refractivity contribution is 0.177. The average Bonchev–Trinajstić information content (AvgIpc) is 2.89. The second-order valence-corrected chi connectivity index (χ2v) is 6.86. The van der Waals surface area contributed by atoms with Crippen molar-refractivity contribution >= 4 is 38.7 Å². The predicted molar refractivity (Wildman–Crippen MR) is 90.8 cm³/mol. The van der Waals surface area contributed by atoms with Gasteiger partial charge in [-0.05, 0) is 53.2 Å². The van der Waals surface area contributed by atoms with Gasteiger partial charge in [0.05, 0.1) is 0 Å². The highest BCUT2D eigenvalue weighted by Crippen LogP contribution is 2.32. The zero-order chi connectivity index (χ0) is 14.8. The molecule has 0 aliphatic heterocycles. The minimum Gasteiger partial charge on any atom is -0.458 e. The monoisotopic (exact) mass is 362 g/mol. The number of furan rings is 1. The number of halogens is 1. The van der Waals surface area contributed by atoms with Crippen LogP contribution in [0.2, 0.25) is 0 Å². The van der Waals surface area contributed by atoms with Crippen molar-refractivity contribution in [3.8, 4) is 0 Å². The Morgan fingerprint density at radius 3 is 2.81 bits per heavy atom. The van der Waals surface area contributed by atoms with Crippen LogP contribution in [0.1, 0.15) is 17.4 Å². The van der Waals surface area contributed by atoms with E-state index in [4.69, 9.17) is 4.42 Å². The highest BCUT2D eigenvalue weighted by atomic mass is 79.9. The molecule has 1 unspecified atom stereocenters. The minimum absolute atomic E-state index is 0.557. The topological polar surface area (TPSA) is 33.4 Å². The van der Waals surface area contributed by atoms with E-state index in [1.54, 1.807) is 11.8 Å². The maximum atomic E-state index is 10.3. The molecule has 3 aromatic rings. The van der Waals surface area contributed by atoms with Crippen LogP contribution in [0, 0.1) is 6.92 Å². The van der Waals surface area contributed by atoms with Gasteiger partial charge in [0.25, 0.3) is 0 Å². The first-order valence-corrected chi connectivity index (χ1v) is 8.47. The van der Waals surface area contributed by atoms with Crippen molar-refractivity contribution in [1.29, 1.82) is 0 Å². The Kier molecular flexibility index (Phi) is 4.38. The van der Waals surface area contributed by atoms with Gasteiger partial charge >= 0.3 is 0 Å². The molecule has 0 aliphatic carbocycles. The van der Waals surface area contributed by atoms with Gasteiger partial charge < -0.3 is 9.52 Å². The smallest absolute Gasteiger partial charge is 0.134 e. The molecule has 0 aliphatic rings. The van der Waals surface area contributed by atoms with E-state index >= 15 is 0 Å². The van der Waals surface area contributed by atoms with Gasteiger partial charge in [-0.1, -0.05) is 23.8 Å². The van der Waals surface area contributed by atoms with E-state index in [0.29, 0.717) is 11.5 Å². The molecule has 3 rings (SSSR count). The molecule has 1 heterocycles. The van der Waals surface area contributed by atoms with Crippen LogP contribution in [0.25, 0.3) is 11.0 Å². The van der Waals surface area contributed by atoms with E-state index in [9.17, 15) is 5.11 Å². The minimum atomic E-state index is -0.616. The van der Waals surface area contributed by atoms with E-state index in [1.165, 1.54) is 5.56 Å². The Morgan fingerprint density at radius 1 is 1.19 bits per heavy atom. The third kappa shape index (κ3) is 3.34. The number of rotatable bonds is 4. The fourth-order valence-corrected chi connectivity index (χ4v) is 3.67. The third-order valence-corrected chi connectivity index (χ3v) is 5.36. The summed E-state index contributed by atoms with van der Waals surface area (Å²) >= 11 is 5.12. The normalized spacial score (nSPS) is 12.7. The van der Waals surface area contributed by atoms with Crippen molar-refractivity contribution in [2.24, 2.45) is 0 Å². The Bertz CT molecular complexity index is 766. The highest BCUT2D eigenvalue weighted by Gasteiger charge is 2.14. The van der Waals surface area contributed by atoms with Crippen LogP contribution >= 0.6 is 27.7 Å². The van der Waals surface area contributed by atoms with Crippen molar-refractivity contribution in [3.05, 3.63) is 64.3 Å². The number of aliphatic hydroxyl groups excluding tert-OH is 1. The number of thioether (sulfide) groups is 1.